The number of amides is 1. The van der Waals surface area contributed by atoms with Gasteiger partial charge in [-0.2, -0.15) is 9.40 Å². The molecule has 1 aliphatic rings. The van der Waals surface area contributed by atoms with Gasteiger partial charge in [0.15, 0.2) is 0 Å². The lowest BCUT2D eigenvalue weighted by atomic mass is 10.0. The highest BCUT2D eigenvalue weighted by Crippen LogP contribution is 2.25. The van der Waals surface area contributed by atoms with E-state index in [1.807, 2.05) is 0 Å². The summed E-state index contributed by atoms with van der Waals surface area (Å²) in [6.45, 7) is 2.90. The minimum atomic E-state index is -3.87. The molecule has 26 heavy (non-hydrogen) atoms. The Morgan fingerprint density at radius 2 is 2.00 bits per heavy atom. The minimum absolute atomic E-state index is 0.0598. The van der Waals surface area contributed by atoms with Gasteiger partial charge < -0.3 is 5.32 Å². The predicted molar refractivity (Wildman–Crippen MR) is 94.7 cm³/mol. The number of aromatic nitrogens is 2. The van der Waals surface area contributed by atoms with Gasteiger partial charge in [0.1, 0.15) is 5.82 Å². The van der Waals surface area contributed by atoms with Crippen molar-refractivity contribution in [3.8, 4) is 0 Å². The second-order valence-electron chi connectivity index (χ2n) is 6.57. The van der Waals surface area contributed by atoms with Gasteiger partial charge in [-0.15, -0.1) is 0 Å². The van der Waals surface area contributed by atoms with E-state index >= 15 is 0 Å². The van der Waals surface area contributed by atoms with Gasteiger partial charge in [-0.05, 0) is 37.0 Å². The number of nitrogens with one attached hydrogen (secondary N) is 1. The highest BCUT2D eigenvalue weighted by atomic mass is 32.2. The van der Waals surface area contributed by atoms with Crippen LogP contribution in [0.15, 0.2) is 35.5 Å². The number of sulfonamides is 1. The number of nitrogens with zero attached hydrogens (tertiary/aromatic N) is 3. The van der Waals surface area contributed by atoms with Crippen molar-refractivity contribution in [3.05, 3.63) is 41.8 Å². The number of rotatable bonds is 4. The Kier molecular flexibility index (Phi) is 5.10. The van der Waals surface area contributed by atoms with E-state index in [2.05, 4.69) is 17.3 Å². The molecule has 1 aromatic heterocycles. The number of carbonyl (C=O) groups excluding carboxylic acids is 1. The molecule has 140 valence electrons. The first-order valence-corrected chi connectivity index (χ1v) is 9.82. The topological polar surface area (TPSA) is 84.3 Å². The Hall–Kier alpha value is -2.26. The van der Waals surface area contributed by atoms with Crippen LogP contribution < -0.4 is 5.32 Å². The molecule has 3 rings (SSSR count). The summed E-state index contributed by atoms with van der Waals surface area (Å²) in [6.07, 6.45) is 2.90. The highest BCUT2D eigenvalue weighted by Gasteiger charge is 2.34. The molecule has 9 heteroatoms. The number of aryl methyl sites for hydroxylation is 1. The Morgan fingerprint density at radius 1 is 1.31 bits per heavy atom. The first-order chi connectivity index (χ1) is 12.3. The number of benzene rings is 1. The maximum atomic E-state index is 13.3. The summed E-state index contributed by atoms with van der Waals surface area (Å²) in [4.78, 5) is 12.6. The molecule has 0 unspecified atom stereocenters. The van der Waals surface area contributed by atoms with E-state index in [1.165, 1.54) is 33.4 Å². The highest BCUT2D eigenvalue weighted by molar-refractivity contribution is 7.89. The molecule has 2 heterocycles. The van der Waals surface area contributed by atoms with Gasteiger partial charge in [0.25, 0.3) is 15.9 Å². The average Bonchev–Trinajstić information content (AvgIpc) is 2.98. The average molecular weight is 380 g/mol. The van der Waals surface area contributed by atoms with E-state index in [0.717, 1.165) is 18.9 Å². The normalized spacial score (nSPS) is 16.6. The quantitative estimate of drug-likeness (QED) is 0.882. The van der Waals surface area contributed by atoms with Gasteiger partial charge in [-0.25, -0.2) is 12.8 Å². The molecule has 1 N–H and O–H groups in total. The summed E-state index contributed by atoms with van der Waals surface area (Å²) >= 11 is 0. The lowest BCUT2D eigenvalue weighted by Gasteiger charge is -2.28. The van der Waals surface area contributed by atoms with Crippen molar-refractivity contribution in [3.63, 3.8) is 0 Å². The van der Waals surface area contributed by atoms with E-state index in [0.29, 0.717) is 19.0 Å². The zero-order valence-corrected chi connectivity index (χ0v) is 15.5. The molecule has 0 saturated carbocycles. The van der Waals surface area contributed by atoms with Crippen molar-refractivity contribution < 1.29 is 17.6 Å². The fraction of sp³-hybridized carbons (Fsp3) is 0.412. The predicted octanol–water partition coefficient (Wildman–Crippen LogP) is 2.23. The van der Waals surface area contributed by atoms with Crippen LogP contribution in [0.4, 0.5) is 10.1 Å². The molecule has 1 saturated heterocycles. The van der Waals surface area contributed by atoms with Gasteiger partial charge in [-0.1, -0.05) is 13.0 Å². The third-order valence-electron chi connectivity index (χ3n) is 4.45. The fourth-order valence-electron chi connectivity index (χ4n) is 2.93. The van der Waals surface area contributed by atoms with Crippen LogP contribution in [0.5, 0.6) is 0 Å². The van der Waals surface area contributed by atoms with Crippen molar-refractivity contribution in [1.82, 2.24) is 14.1 Å². The summed E-state index contributed by atoms with van der Waals surface area (Å²) in [5.74, 6) is -0.669. The third-order valence-corrected chi connectivity index (χ3v) is 6.28. The zero-order chi connectivity index (χ0) is 18.9. The molecular formula is C17H21FN4O3S. The summed E-state index contributed by atoms with van der Waals surface area (Å²) in [7, 11) is -2.32. The van der Waals surface area contributed by atoms with Crippen LogP contribution in [0.25, 0.3) is 0 Å². The number of carbonyl (C=O) groups is 1. The first kappa shape index (κ1) is 18.5. The van der Waals surface area contributed by atoms with Crippen molar-refractivity contribution in [2.75, 3.05) is 18.4 Å². The summed E-state index contributed by atoms with van der Waals surface area (Å²) < 4.78 is 41.9. The zero-order valence-electron chi connectivity index (χ0n) is 14.6. The molecule has 1 amide bonds. The van der Waals surface area contributed by atoms with Crippen LogP contribution in [0, 0.1) is 11.7 Å². The monoisotopic (exact) mass is 380 g/mol. The fourth-order valence-corrected chi connectivity index (χ4v) is 4.52. The van der Waals surface area contributed by atoms with Crippen molar-refractivity contribution in [2.45, 2.75) is 24.8 Å². The van der Waals surface area contributed by atoms with Crippen molar-refractivity contribution in [2.24, 2.45) is 13.0 Å². The number of anilines is 1. The molecule has 0 aliphatic carbocycles. The van der Waals surface area contributed by atoms with Gasteiger partial charge in [0.05, 0.1) is 5.56 Å². The first-order valence-electron chi connectivity index (χ1n) is 8.38. The second kappa shape index (κ2) is 7.16. The maximum Gasteiger partial charge on any atom is 0.263 e. The summed E-state index contributed by atoms with van der Waals surface area (Å²) in [5, 5.41) is 6.25. The van der Waals surface area contributed by atoms with E-state index < -0.39 is 21.7 Å². The van der Waals surface area contributed by atoms with Crippen LogP contribution in [0.1, 0.15) is 30.1 Å². The Morgan fingerprint density at radius 3 is 2.65 bits per heavy atom. The number of hydrogen-bond acceptors (Lipinski definition) is 4. The molecule has 0 atom stereocenters. The smallest absolute Gasteiger partial charge is 0.263 e. The molecular weight excluding hydrogens is 359 g/mol. The standard InChI is InChI=1S/C17H21FN4O3S/c1-12-6-8-22(9-7-12)26(24,25)17-15(11-21(2)20-17)16(23)19-14-5-3-4-13(18)10-14/h3-5,10-12H,6-9H2,1-2H3,(H,19,23). The molecule has 7 nitrogen and oxygen atoms in total. The molecule has 0 radical (unpaired) electrons. The molecule has 1 aromatic carbocycles. The Bertz CT molecular complexity index is 918. The summed E-state index contributed by atoms with van der Waals surface area (Å²) in [5.41, 5.74) is 0.185. The van der Waals surface area contributed by atoms with Crippen LogP contribution in [0.3, 0.4) is 0 Å². The molecule has 1 aliphatic heterocycles. The number of halogens is 1. The molecule has 0 bridgehead atoms. The van der Waals surface area contributed by atoms with Crippen LogP contribution in [-0.2, 0) is 17.1 Å². The molecule has 0 spiro atoms. The lowest BCUT2D eigenvalue weighted by molar-refractivity contribution is 0.102. The van der Waals surface area contributed by atoms with E-state index in [9.17, 15) is 17.6 Å². The van der Waals surface area contributed by atoms with Crippen LogP contribution >= 0.6 is 0 Å². The SMILES string of the molecule is CC1CCN(S(=O)(=O)c2nn(C)cc2C(=O)Nc2cccc(F)c2)CC1. The van der Waals surface area contributed by atoms with E-state index in [4.69, 9.17) is 0 Å². The molecule has 1 fully saturated rings. The van der Waals surface area contributed by atoms with E-state index in [1.54, 1.807) is 7.05 Å². The second-order valence-corrected chi connectivity index (χ2v) is 8.43. The van der Waals surface area contributed by atoms with Crippen molar-refractivity contribution in [1.29, 1.82) is 0 Å². The maximum absolute atomic E-state index is 13.3. The van der Waals surface area contributed by atoms with Gasteiger partial charge in [0, 0.05) is 32.0 Å². The van der Waals surface area contributed by atoms with Crippen LogP contribution in [0.2, 0.25) is 0 Å². The Labute approximate surface area is 151 Å². The van der Waals surface area contributed by atoms with Gasteiger partial charge in [0.2, 0.25) is 5.03 Å². The Balaban J connectivity index is 1.89. The minimum Gasteiger partial charge on any atom is -0.322 e. The van der Waals surface area contributed by atoms with Crippen molar-refractivity contribution >= 4 is 21.6 Å². The third kappa shape index (κ3) is 3.78. The van der Waals surface area contributed by atoms with Gasteiger partial charge >= 0.3 is 0 Å². The van der Waals surface area contributed by atoms with E-state index in [-0.39, 0.29) is 16.3 Å². The lowest BCUT2D eigenvalue weighted by Crippen LogP contribution is -2.38. The number of hydrogen-bond donors (Lipinski definition) is 1. The molecule has 2 aromatic rings. The summed E-state index contributed by atoms with van der Waals surface area (Å²) in [6, 6.07) is 5.40. The van der Waals surface area contributed by atoms with Crippen LogP contribution in [-0.4, -0.2) is 41.5 Å². The number of piperidine rings is 1. The largest absolute Gasteiger partial charge is 0.322 e. The van der Waals surface area contributed by atoms with Gasteiger partial charge in [-0.3, -0.25) is 9.48 Å².